The normalized spacial score (nSPS) is 13.5. The lowest BCUT2D eigenvalue weighted by Gasteiger charge is -2.22. The fourth-order valence-corrected chi connectivity index (χ4v) is 3.01. The van der Waals surface area contributed by atoms with Crippen LogP contribution in [0.2, 0.25) is 0 Å². The molecule has 1 aliphatic rings. The lowest BCUT2D eigenvalue weighted by molar-refractivity contribution is -0.384. The van der Waals surface area contributed by atoms with E-state index in [-0.39, 0.29) is 10.6 Å². The number of aliphatic imine (C=N–C) groups is 1. The zero-order valence-corrected chi connectivity index (χ0v) is 14.1. The van der Waals surface area contributed by atoms with Gasteiger partial charge in [0, 0.05) is 38.4 Å². The first-order valence-corrected chi connectivity index (χ1v) is 8.24. The number of nitrogens with one attached hydrogen (secondary N) is 2. The average molecular weight is 339 g/mol. The van der Waals surface area contributed by atoms with Crippen molar-refractivity contribution in [1.82, 2.24) is 5.32 Å². The number of para-hydroxylation sites is 3. The molecule has 0 fully saturated rings. The molecule has 130 valence electrons. The van der Waals surface area contributed by atoms with Crippen LogP contribution in [0.25, 0.3) is 0 Å². The number of nitro groups is 1. The molecule has 3 rings (SSSR count). The van der Waals surface area contributed by atoms with Crippen molar-refractivity contribution in [2.45, 2.75) is 6.42 Å². The first-order chi connectivity index (χ1) is 12.2. The van der Waals surface area contributed by atoms with Gasteiger partial charge >= 0.3 is 0 Å². The van der Waals surface area contributed by atoms with Crippen LogP contribution in [0.3, 0.4) is 0 Å². The first kappa shape index (κ1) is 16.8. The molecule has 2 aromatic carbocycles. The summed E-state index contributed by atoms with van der Waals surface area (Å²) in [7, 11) is 1.76. The summed E-state index contributed by atoms with van der Waals surface area (Å²) in [4.78, 5) is 17.2. The second-order valence-corrected chi connectivity index (χ2v) is 5.71. The third-order valence-corrected chi connectivity index (χ3v) is 4.18. The highest BCUT2D eigenvalue weighted by molar-refractivity contribution is 5.97. The fraction of sp³-hybridized carbons (Fsp3) is 0.278. The highest BCUT2D eigenvalue weighted by Crippen LogP contribution is 2.27. The minimum Gasteiger partial charge on any atom is -0.378 e. The largest absolute Gasteiger partial charge is 0.378 e. The molecule has 7 heteroatoms. The summed E-state index contributed by atoms with van der Waals surface area (Å²) in [5.41, 5.74) is 3.11. The van der Waals surface area contributed by atoms with E-state index in [1.807, 2.05) is 6.07 Å². The Kier molecular flexibility index (Phi) is 5.13. The lowest BCUT2D eigenvalue weighted by atomic mass is 10.2. The van der Waals surface area contributed by atoms with E-state index in [4.69, 9.17) is 0 Å². The van der Waals surface area contributed by atoms with E-state index >= 15 is 0 Å². The number of rotatable bonds is 5. The van der Waals surface area contributed by atoms with Crippen molar-refractivity contribution in [2.75, 3.05) is 36.9 Å². The molecule has 7 nitrogen and oxygen atoms in total. The Balaban J connectivity index is 1.56. The Bertz CT molecular complexity index is 791. The number of anilines is 2. The molecule has 0 radical (unpaired) electrons. The quantitative estimate of drug-likeness (QED) is 0.288. The van der Waals surface area contributed by atoms with Crippen LogP contribution in [0.5, 0.6) is 0 Å². The van der Waals surface area contributed by atoms with Crippen LogP contribution in [-0.4, -0.2) is 37.6 Å². The third kappa shape index (κ3) is 3.71. The second kappa shape index (κ2) is 7.65. The summed E-state index contributed by atoms with van der Waals surface area (Å²) in [6.45, 7) is 2.06. The topological polar surface area (TPSA) is 82.8 Å². The van der Waals surface area contributed by atoms with Gasteiger partial charge < -0.3 is 15.5 Å². The number of hydrogen-bond acceptors (Lipinski definition) is 4. The van der Waals surface area contributed by atoms with Gasteiger partial charge in [0.2, 0.25) is 0 Å². The van der Waals surface area contributed by atoms with E-state index in [1.54, 1.807) is 25.2 Å². The molecule has 0 amide bonds. The molecule has 0 aliphatic carbocycles. The molecule has 0 bridgehead atoms. The number of guanidine groups is 1. The van der Waals surface area contributed by atoms with Gasteiger partial charge in [0.05, 0.1) is 4.92 Å². The third-order valence-electron chi connectivity index (χ3n) is 4.18. The Hall–Kier alpha value is -3.09. The summed E-state index contributed by atoms with van der Waals surface area (Å²) in [6, 6.07) is 15.0. The van der Waals surface area contributed by atoms with E-state index in [9.17, 15) is 10.1 Å². The lowest BCUT2D eigenvalue weighted by Crippen LogP contribution is -2.42. The Labute approximate surface area is 146 Å². The minimum atomic E-state index is -0.379. The maximum atomic E-state index is 11.0. The molecule has 2 aromatic rings. The highest BCUT2D eigenvalue weighted by atomic mass is 16.6. The van der Waals surface area contributed by atoms with E-state index in [0.717, 1.165) is 18.9 Å². The molecule has 0 saturated carbocycles. The number of nitrogens with zero attached hydrogens (tertiary/aromatic N) is 3. The van der Waals surface area contributed by atoms with Crippen LogP contribution in [0.15, 0.2) is 53.5 Å². The summed E-state index contributed by atoms with van der Waals surface area (Å²) >= 11 is 0. The summed E-state index contributed by atoms with van der Waals surface area (Å²) in [5, 5.41) is 17.4. The Morgan fingerprint density at radius 2 is 1.96 bits per heavy atom. The summed E-state index contributed by atoms with van der Waals surface area (Å²) in [5.74, 6) is 0.814. The standard InChI is InChI=1S/C18H21N5O2/c1-19-18(22-13-10-14-6-2-4-8-16(14)22)21-12-11-20-15-7-3-5-9-17(15)23(24)25/h2-9,20H,10-13H2,1H3,(H,19,21). The van der Waals surface area contributed by atoms with Gasteiger partial charge in [-0.2, -0.15) is 0 Å². The number of benzene rings is 2. The molecule has 0 atom stereocenters. The van der Waals surface area contributed by atoms with Crippen LogP contribution in [0, 0.1) is 10.1 Å². The van der Waals surface area contributed by atoms with Gasteiger partial charge in [0.15, 0.2) is 5.96 Å². The van der Waals surface area contributed by atoms with Gasteiger partial charge in [-0.25, -0.2) is 0 Å². The minimum absolute atomic E-state index is 0.0837. The van der Waals surface area contributed by atoms with Crippen molar-refractivity contribution in [2.24, 2.45) is 4.99 Å². The molecule has 0 spiro atoms. The van der Waals surface area contributed by atoms with Crippen LogP contribution < -0.4 is 15.5 Å². The number of hydrogen-bond donors (Lipinski definition) is 2. The van der Waals surface area contributed by atoms with Crippen molar-refractivity contribution in [3.63, 3.8) is 0 Å². The molecule has 0 saturated heterocycles. The van der Waals surface area contributed by atoms with E-state index in [2.05, 4.69) is 38.7 Å². The molecule has 0 aromatic heterocycles. The van der Waals surface area contributed by atoms with Gasteiger partial charge in [-0.1, -0.05) is 30.3 Å². The molecular weight excluding hydrogens is 318 g/mol. The van der Waals surface area contributed by atoms with Crippen molar-refractivity contribution >= 4 is 23.0 Å². The predicted molar refractivity (Wildman–Crippen MR) is 100 cm³/mol. The zero-order chi connectivity index (χ0) is 17.6. The Morgan fingerprint density at radius 1 is 1.20 bits per heavy atom. The second-order valence-electron chi connectivity index (χ2n) is 5.71. The van der Waals surface area contributed by atoms with Crippen LogP contribution in [-0.2, 0) is 6.42 Å². The monoisotopic (exact) mass is 339 g/mol. The predicted octanol–water partition coefficient (Wildman–Crippen LogP) is 2.64. The average Bonchev–Trinajstić information content (AvgIpc) is 3.06. The van der Waals surface area contributed by atoms with Crippen LogP contribution >= 0.6 is 0 Å². The molecule has 2 N–H and O–H groups in total. The van der Waals surface area contributed by atoms with Crippen molar-refractivity contribution < 1.29 is 4.92 Å². The van der Waals surface area contributed by atoms with Gasteiger partial charge in [0.25, 0.3) is 5.69 Å². The molecule has 1 aliphatic heterocycles. The van der Waals surface area contributed by atoms with Gasteiger partial charge in [-0.15, -0.1) is 0 Å². The summed E-state index contributed by atoms with van der Waals surface area (Å²) in [6.07, 6.45) is 1.01. The highest BCUT2D eigenvalue weighted by Gasteiger charge is 2.22. The van der Waals surface area contributed by atoms with Crippen molar-refractivity contribution in [3.05, 3.63) is 64.2 Å². The van der Waals surface area contributed by atoms with E-state index < -0.39 is 0 Å². The maximum absolute atomic E-state index is 11.0. The molecule has 25 heavy (non-hydrogen) atoms. The number of fused-ring (bicyclic) bond motifs is 1. The molecule has 1 heterocycles. The fourth-order valence-electron chi connectivity index (χ4n) is 3.01. The molecule has 0 unspecified atom stereocenters. The van der Waals surface area contributed by atoms with Crippen molar-refractivity contribution in [1.29, 1.82) is 0 Å². The first-order valence-electron chi connectivity index (χ1n) is 8.24. The number of nitro benzene ring substituents is 1. The van der Waals surface area contributed by atoms with Gasteiger partial charge in [-0.05, 0) is 24.1 Å². The zero-order valence-electron chi connectivity index (χ0n) is 14.1. The van der Waals surface area contributed by atoms with Gasteiger partial charge in [0.1, 0.15) is 5.69 Å². The maximum Gasteiger partial charge on any atom is 0.292 e. The van der Waals surface area contributed by atoms with E-state index in [1.165, 1.54) is 17.3 Å². The van der Waals surface area contributed by atoms with Gasteiger partial charge in [-0.3, -0.25) is 15.1 Å². The van der Waals surface area contributed by atoms with Crippen LogP contribution in [0.4, 0.5) is 17.1 Å². The Morgan fingerprint density at radius 3 is 2.76 bits per heavy atom. The smallest absolute Gasteiger partial charge is 0.292 e. The van der Waals surface area contributed by atoms with Crippen LogP contribution in [0.1, 0.15) is 5.56 Å². The SMILES string of the molecule is CN=C(NCCNc1ccccc1[N+](=O)[O-])N1CCc2ccccc21. The summed E-state index contributed by atoms with van der Waals surface area (Å²) < 4.78 is 0. The molecular formula is C18H21N5O2. The van der Waals surface area contributed by atoms with E-state index in [0.29, 0.717) is 18.8 Å². The van der Waals surface area contributed by atoms with Crippen molar-refractivity contribution in [3.8, 4) is 0 Å².